The molecule has 1 unspecified atom stereocenters. The van der Waals surface area contributed by atoms with Gasteiger partial charge in [0.05, 0.1) is 24.8 Å². The van der Waals surface area contributed by atoms with Crippen LogP contribution in [0.3, 0.4) is 0 Å². The maximum Gasteiger partial charge on any atom is 0.129 e. The van der Waals surface area contributed by atoms with Crippen LogP contribution in [-0.4, -0.2) is 30.7 Å². The van der Waals surface area contributed by atoms with Crippen molar-refractivity contribution in [2.24, 2.45) is 0 Å². The Morgan fingerprint density at radius 1 is 1.59 bits per heavy atom. The zero-order valence-corrected chi connectivity index (χ0v) is 9.82. The van der Waals surface area contributed by atoms with Crippen LogP contribution in [0.5, 0.6) is 0 Å². The van der Waals surface area contributed by atoms with Crippen LogP contribution in [0.2, 0.25) is 0 Å². The first-order valence-corrected chi connectivity index (χ1v) is 5.71. The van der Waals surface area contributed by atoms with E-state index < -0.39 is 0 Å². The number of ether oxygens (including phenoxy) is 1. The summed E-state index contributed by atoms with van der Waals surface area (Å²) < 4.78 is 19.0. The minimum Gasteiger partial charge on any atom is -0.379 e. The van der Waals surface area contributed by atoms with Gasteiger partial charge in [-0.05, 0) is 19.1 Å². The van der Waals surface area contributed by atoms with Gasteiger partial charge in [-0.25, -0.2) is 4.39 Å². The molecule has 17 heavy (non-hydrogen) atoms. The quantitative estimate of drug-likeness (QED) is 0.784. The summed E-state index contributed by atoms with van der Waals surface area (Å²) in [5, 5.41) is 8.67. The summed E-state index contributed by atoms with van der Waals surface area (Å²) in [5.74, 6) is -0.303. The van der Waals surface area contributed by atoms with E-state index in [0.717, 1.165) is 6.54 Å². The highest BCUT2D eigenvalue weighted by molar-refractivity contribution is 5.32. The van der Waals surface area contributed by atoms with Crippen LogP contribution < -0.4 is 0 Å². The number of halogens is 1. The molecular weight excluding hydrogens is 219 g/mol. The third kappa shape index (κ3) is 2.82. The Balaban J connectivity index is 2.10. The minimum atomic E-state index is -0.303. The third-order valence-electron chi connectivity index (χ3n) is 3.06. The van der Waals surface area contributed by atoms with Crippen molar-refractivity contribution >= 4 is 0 Å². The molecule has 0 spiro atoms. The number of nitrogens with zero attached hydrogens (tertiary/aromatic N) is 2. The summed E-state index contributed by atoms with van der Waals surface area (Å²) in [6, 6.07) is 6.88. The van der Waals surface area contributed by atoms with Crippen LogP contribution in [0.4, 0.5) is 4.39 Å². The molecule has 1 aliphatic rings. The van der Waals surface area contributed by atoms with Crippen molar-refractivity contribution in [2.45, 2.75) is 19.5 Å². The van der Waals surface area contributed by atoms with Gasteiger partial charge in [-0.2, -0.15) is 5.26 Å². The van der Waals surface area contributed by atoms with Crippen molar-refractivity contribution in [2.75, 3.05) is 19.8 Å². The maximum atomic E-state index is 13.7. The SMILES string of the molecule is CC1COCCN1Cc1ccc(C#N)cc1F. The molecule has 0 saturated carbocycles. The topological polar surface area (TPSA) is 36.3 Å². The fourth-order valence-electron chi connectivity index (χ4n) is 1.96. The number of rotatable bonds is 2. The Labute approximate surface area is 100 Å². The Morgan fingerprint density at radius 2 is 2.41 bits per heavy atom. The number of benzene rings is 1. The van der Waals surface area contributed by atoms with Gasteiger partial charge in [-0.1, -0.05) is 6.07 Å². The van der Waals surface area contributed by atoms with E-state index in [1.807, 2.05) is 6.07 Å². The van der Waals surface area contributed by atoms with Crippen LogP contribution in [-0.2, 0) is 11.3 Å². The van der Waals surface area contributed by atoms with E-state index in [9.17, 15) is 4.39 Å². The van der Waals surface area contributed by atoms with Gasteiger partial charge in [0.1, 0.15) is 5.82 Å². The Morgan fingerprint density at radius 3 is 3.06 bits per heavy atom. The summed E-state index contributed by atoms with van der Waals surface area (Å²) >= 11 is 0. The van der Waals surface area contributed by atoms with E-state index in [-0.39, 0.29) is 5.82 Å². The first kappa shape index (κ1) is 12.0. The van der Waals surface area contributed by atoms with Gasteiger partial charge in [-0.3, -0.25) is 4.90 Å². The molecule has 2 rings (SSSR count). The molecule has 1 atom stereocenters. The van der Waals surface area contributed by atoms with E-state index in [4.69, 9.17) is 10.00 Å². The molecular formula is C13H15FN2O. The van der Waals surface area contributed by atoms with Crippen molar-refractivity contribution in [1.29, 1.82) is 5.26 Å². The van der Waals surface area contributed by atoms with Crippen molar-refractivity contribution in [3.8, 4) is 6.07 Å². The van der Waals surface area contributed by atoms with E-state index in [0.29, 0.717) is 36.9 Å². The van der Waals surface area contributed by atoms with Gasteiger partial charge in [-0.15, -0.1) is 0 Å². The molecule has 0 bridgehead atoms. The van der Waals surface area contributed by atoms with E-state index in [2.05, 4.69) is 11.8 Å². The van der Waals surface area contributed by atoms with Crippen LogP contribution in [0, 0.1) is 17.1 Å². The average molecular weight is 234 g/mol. The second-order valence-electron chi connectivity index (χ2n) is 4.31. The standard InChI is InChI=1S/C13H15FN2O/c1-10-9-17-5-4-16(10)8-12-3-2-11(7-15)6-13(12)14/h2-3,6,10H,4-5,8-9H2,1H3. The molecule has 1 fully saturated rings. The van der Waals surface area contributed by atoms with Gasteiger partial charge in [0.15, 0.2) is 0 Å². The molecule has 1 saturated heterocycles. The van der Waals surface area contributed by atoms with Gasteiger partial charge in [0, 0.05) is 24.7 Å². The summed E-state index contributed by atoms with van der Waals surface area (Å²) in [5.41, 5.74) is 0.999. The van der Waals surface area contributed by atoms with Crippen LogP contribution in [0.25, 0.3) is 0 Å². The molecule has 0 N–H and O–H groups in total. The zero-order chi connectivity index (χ0) is 12.3. The second kappa shape index (κ2) is 5.26. The van der Waals surface area contributed by atoms with Crippen LogP contribution in [0.15, 0.2) is 18.2 Å². The molecule has 4 heteroatoms. The third-order valence-corrected chi connectivity index (χ3v) is 3.06. The molecule has 90 valence electrons. The predicted octanol–water partition coefficient (Wildman–Crippen LogP) is 1.92. The number of nitriles is 1. The van der Waals surface area contributed by atoms with Gasteiger partial charge in [0.25, 0.3) is 0 Å². The largest absolute Gasteiger partial charge is 0.379 e. The minimum absolute atomic E-state index is 0.303. The Kier molecular flexibility index (Phi) is 3.72. The number of hydrogen-bond donors (Lipinski definition) is 0. The molecule has 0 radical (unpaired) electrons. The molecule has 0 amide bonds. The van der Waals surface area contributed by atoms with E-state index >= 15 is 0 Å². The van der Waals surface area contributed by atoms with Gasteiger partial charge < -0.3 is 4.74 Å². The van der Waals surface area contributed by atoms with Crippen molar-refractivity contribution in [3.05, 3.63) is 35.1 Å². The first-order valence-electron chi connectivity index (χ1n) is 5.71. The fraction of sp³-hybridized carbons (Fsp3) is 0.462. The van der Waals surface area contributed by atoms with Crippen molar-refractivity contribution < 1.29 is 9.13 Å². The van der Waals surface area contributed by atoms with Gasteiger partial charge >= 0.3 is 0 Å². The summed E-state index contributed by atoms with van der Waals surface area (Å²) in [7, 11) is 0. The van der Waals surface area contributed by atoms with E-state index in [1.54, 1.807) is 12.1 Å². The zero-order valence-electron chi connectivity index (χ0n) is 9.82. The highest BCUT2D eigenvalue weighted by Gasteiger charge is 2.19. The molecule has 0 aliphatic carbocycles. The molecule has 1 heterocycles. The normalized spacial score (nSPS) is 21.1. The highest BCUT2D eigenvalue weighted by Crippen LogP contribution is 2.16. The summed E-state index contributed by atoms with van der Waals surface area (Å²) in [6.45, 7) is 4.85. The molecule has 1 aliphatic heterocycles. The molecule has 1 aromatic rings. The second-order valence-corrected chi connectivity index (χ2v) is 4.31. The number of morpholine rings is 1. The lowest BCUT2D eigenvalue weighted by molar-refractivity contribution is -0.00480. The van der Waals surface area contributed by atoms with Crippen molar-refractivity contribution in [1.82, 2.24) is 4.90 Å². The average Bonchev–Trinajstić information content (AvgIpc) is 2.34. The van der Waals surface area contributed by atoms with Gasteiger partial charge in [0.2, 0.25) is 0 Å². The smallest absolute Gasteiger partial charge is 0.129 e. The Hall–Kier alpha value is -1.44. The lowest BCUT2D eigenvalue weighted by Crippen LogP contribution is -2.43. The number of hydrogen-bond acceptors (Lipinski definition) is 3. The van der Waals surface area contributed by atoms with Crippen molar-refractivity contribution in [3.63, 3.8) is 0 Å². The fourth-order valence-corrected chi connectivity index (χ4v) is 1.96. The van der Waals surface area contributed by atoms with Crippen LogP contribution >= 0.6 is 0 Å². The monoisotopic (exact) mass is 234 g/mol. The van der Waals surface area contributed by atoms with Crippen LogP contribution in [0.1, 0.15) is 18.1 Å². The van der Waals surface area contributed by atoms with E-state index in [1.165, 1.54) is 6.07 Å². The molecule has 0 aromatic heterocycles. The first-order chi connectivity index (χ1) is 8.20. The lowest BCUT2D eigenvalue weighted by atomic mass is 10.1. The summed E-state index contributed by atoms with van der Waals surface area (Å²) in [4.78, 5) is 2.19. The predicted molar refractivity (Wildman–Crippen MR) is 61.8 cm³/mol. The summed E-state index contributed by atoms with van der Waals surface area (Å²) in [6.07, 6.45) is 0. The maximum absolute atomic E-state index is 13.7. The Bertz CT molecular complexity index is 442. The molecule has 1 aromatic carbocycles. The highest BCUT2D eigenvalue weighted by atomic mass is 19.1. The lowest BCUT2D eigenvalue weighted by Gasteiger charge is -2.33. The molecule has 3 nitrogen and oxygen atoms in total.